The Bertz CT molecular complexity index is 552. The van der Waals surface area contributed by atoms with Gasteiger partial charge in [-0.1, -0.05) is 12.1 Å². The van der Waals surface area contributed by atoms with Crippen molar-refractivity contribution in [3.8, 4) is 0 Å². The zero-order valence-electron chi connectivity index (χ0n) is 9.82. The summed E-state index contributed by atoms with van der Waals surface area (Å²) in [5.41, 5.74) is 0.616. The molecule has 0 unspecified atom stereocenters. The molecule has 0 saturated heterocycles. The van der Waals surface area contributed by atoms with Crippen LogP contribution in [0.4, 0.5) is 0 Å². The molecule has 1 aromatic carbocycles. The lowest BCUT2D eigenvalue weighted by molar-refractivity contribution is 0.0621. The van der Waals surface area contributed by atoms with Crippen LogP contribution in [0.5, 0.6) is 0 Å². The maximum atomic E-state index is 12.0. The van der Waals surface area contributed by atoms with E-state index in [1.54, 1.807) is 24.3 Å². The molecule has 7 nitrogen and oxygen atoms in total. The highest BCUT2D eigenvalue weighted by molar-refractivity contribution is 7.50. The number of imide groups is 1. The number of carbonyl (C=O) groups is 2. The molecule has 0 saturated carbocycles. The predicted octanol–water partition coefficient (Wildman–Crippen LogP) is 2.75. The van der Waals surface area contributed by atoms with Gasteiger partial charge in [-0.15, -0.1) is 0 Å². The molecule has 108 valence electrons. The second-order valence-corrected chi connectivity index (χ2v) is 5.98. The number of amides is 2. The normalized spacial score (nSPS) is 14.8. The van der Waals surface area contributed by atoms with E-state index in [1.807, 2.05) is 0 Å². The molecule has 1 aromatic rings. The van der Waals surface area contributed by atoms with Gasteiger partial charge < -0.3 is 0 Å². The number of rotatable bonds is 6. The standard InChI is InChI=1S/C10H8Cl2NO6P/c11-18-20(16,19-12)17-6-5-13-9(14)7-3-1-2-4-8(7)10(13)15/h1-4H,5-6H2. The number of halogens is 2. The number of carbonyl (C=O) groups excluding carboxylic acids is 2. The van der Waals surface area contributed by atoms with Crippen LogP contribution in [0.15, 0.2) is 24.3 Å². The van der Waals surface area contributed by atoms with E-state index in [0.717, 1.165) is 4.90 Å². The molecule has 0 bridgehead atoms. The predicted molar refractivity (Wildman–Crippen MR) is 69.2 cm³/mol. The first-order valence-electron chi connectivity index (χ1n) is 5.33. The molecule has 1 heterocycles. The zero-order valence-corrected chi connectivity index (χ0v) is 12.2. The topological polar surface area (TPSA) is 82.1 Å². The molecule has 0 aliphatic carbocycles. The Hall–Kier alpha value is -0.950. The van der Waals surface area contributed by atoms with Crippen LogP contribution >= 0.6 is 31.6 Å². The second kappa shape index (κ2) is 6.22. The maximum Gasteiger partial charge on any atom is 0.507 e. The van der Waals surface area contributed by atoms with E-state index >= 15 is 0 Å². The Morgan fingerprint density at radius 3 is 2.00 bits per heavy atom. The third-order valence-corrected chi connectivity index (χ3v) is 4.46. The van der Waals surface area contributed by atoms with Gasteiger partial charge in [0.25, 0.3) is 11.8 Å². The summed E-state index contributed by atoms with van der Waals surface area (Å²) >= 11 is 9.78. The van der Waals surface area contributed by atoms with E-state index in [9.17, 15) is 14.2 Å². The average molecular weight is 340 g/mol. The van der Waals surface area contributed by atoms with Crippen LogP contribution in [-0.2, 0) is 17.2 Å². The van der Waals surface area contributed by atoms with E-state index in [2.05, 4.69) is 12.7 Å². The lowest BCUT2D eigenvalue weighted by Gasteiger charge is -2.15. The monoisotopic (exact) mass is 339 g/mol. The molecule has 0 spiro atoms. The molecule has 1 aliphatic heterocycles. The van der Waals surface area contributed by atoms with Crippen molar-refractivity contribution in [3.05, 3.63) is 35.4 Å². The van der Waals surface area contributed by atoms with E-state index in [4.69, 9.17) is 23.7 Å². The van der Waals surface area contributed by atoms with Crippen LogP contribution in [-0.4, -0.2) is 29.9 Å². The molecule has 20 heavy (non-hydrogen) atoms. The van der Waals surface area contributed by atoms with Crippen LogP contribution < -0.4 is 0 Å². The quantitative estimate of drug-likeness (QED) is 0.585. The molecule has 2 amide bonds. The molecular weight excluding hydrogens is 332 g/mol. The molecule has 0 fully saturated rings. The molecule has 10 heteroatoms. The van der Waals surface area contributed by atoms with Gasteiger partial charge in [0.15, 0.2) is 0 Å². The minimum Gasteiger partial charge on any atom is -0.283 e. The SMILES string of the molecule is O=C1c2ccccc2C(=O)N1CCOP(=O)(OCl)OCl. The van der Waals surface area contributed by atoms with Crippen molar-refractivity contribution in [2.24, 2.45) is 0 Å². The molecule has 0 atom stereocenters. The van der Waals surface area contributed by atoms with Gasteiger partial charge in [0, 0.05) is 0 Å². The third kappa shape index (κ3) is 2.88. The first kappa shape index (κ1) is 15.4. The first-order chi connectivity index (χ1) is 9.52. The van der Waals surface area contributed by atoms with Crippen LogP contribution in [0.1, 0.15) is 20.7 Å². The van der Waals surface area contributed by atoms with E-state index in [-0.39, 0.29) is 13.2 Å². The fourth-order valence-corrected chi connectivity index (χ4v) is 2.64. The Morgan fingerprint density at radius 2 is 1.55 bits per heavy atom. The van der Waals surface area contributed by atoms with Crippen LogP contribution in [0.2, 0.25) is 0 Å². The van der Waals surface area contributed by atoms with Gasteiger partial charge in [-0.2, -0.15) is 8.15 Å². The summed E-state index contributed by atoms with van der Waals surface area (Å²) in [5, 5.41) is 0. The Labute approximate surface area is 124 Å². The molecule has 1 aliphatic rings. The highest BCUT2D eigenvalue weighted by atomic mass is 35.5. The highest BCUT2D eigenvalue weighted by Gasteiger charge is 2.35. The van der Waals surface area contributed by atoms with Gasteiger partial charge in [0.1, 0.15) is 0 Å². The van der Waals surface area contributed by atoms with Crippen molar-refractivity contribution in [1.82, 2.24) is 4.90 Å². The van der Waals surface area contributed by atoms with Crippen LogP contribution in [0.3, 0.4) is 0 Å². The zero-order chi connectivity index (χ0) is 14.8. The summed E-state index contributed by atoms with van der Waals surface area (Å²) in [7, 11) is -4.07. The fourth-order valence-electron chi connectivity index (χ4n) is 1.74. The molecule has 0 aromatic heterocycles. The van der Waals surface area contributed by atoms with Crippen molar-refractivity contribution in [1.29, 1.82) is 0 Å². The van der Waals surface area contributed by atoms with E-state index in [0.29, 0.717) is 11.1 Å². The van der Waals surface area contributed by atoms with Crippen molar-refractivity contribution >= 4 is 43.4 Å². The van der Waals surface area contributed by atoms with Crippen molar-refractivity contribution in [2.75, 3.05) is 13.2 Å². The average Bonchev–Trinajstić information content (AvgIpc) is 2.72. The van der Waals surface area contributed by atoms with Crippen molar-refractivity contribution in [2.45, 2.75) is 0 Å². The Morgan fingerprint density at radius 1 is 1.05 bits per heavy atom. The van der Waals surface area contributed by atoms with Gasteiger partial charge in [-0.25, -0.2) is 4.57 Å². The highest BCUT2D eigenvalue weighted by Crippen LogP contribution is 2.51. The summed E-state index contributed by atoms with van der Waals surface area (Å²) in [6.07, 6.45) is 0. The number of hydrogen-bond acceptors (Lipinski definition) is 6. The number of hydrogen-bond donors (Lipinski definition) is 0. The summed E-state index contributed by atoms with van der Waals surface area (Å²) in [4.78, 5) is 24.9. The van der Waals surface area contributed by atoms with Gasteiger partial charge in [0.05, 0.1) is 48.0 Å². The number of nitrogens with zero attached hydrogens (tertiary/aromatic N) is 1. The maximum absolute atomic E-state index is 12.0. The van der Waals surface area contributed by atoms with E-state index < -0.39 is 19.6 Å². The van der Waals surface area contributed by atoms with Gasteiger partial charge in [0.2, 0.25) is 0 Å². The summed E-state index contributed by atoms with van der Waals surface area (Å²) in [6, 6.07) is 6.40. The minimum absolute atomic E-state index is 0.142. The third-order valence-electron chi connectivity index (χ3n) is 2.61. The van der Waals surface area contributed by atoms with Crippen LogP contribution in [0, 0.1) is 0 Å². The van der Waals surface area contributed by atoms with Gasteiger partial charge in [-0.05, 0) is 12.1 Å². The Kier molecular flexibility index (Phi) is 4.80. The Balaban J connectivity index is 2.01. The minimum atomic E-state index is -4.07. The number of benzene rings is 1. The van der Waals surface area contributed by atoms with Gasteiger partial charge in [-0.3, -0.25) is 19.0 Å². The molecule has 0 N–H and O–H groups in total. The lowest BCUT2D eigenvalue weighted by Crippen LogP contribution is -2.32. The lowest BCUT2D eigenvalue weighted by atomic mass is 10.1. The number of fused-ring (bicyclic) bond motifs is 1. The molecule has 2 rings (SSSR count). The van der Waals surface area contributed by atoms with E-state index in [1.165, 1.54) is 0 Å². The van der Waals surface area contributed by atoms with Crippen LogP contribution in [0.25, 0.3) is 0 Å². The van der Waals surface area contributed by atoms with Crippen molar-refractivity contribution < 1.29 is 26.8 Å². The van der Waals surface area contributed by atoms with Crippen molar-refractivity contribution in [3.63, 3.8) is 0 Å². The summed E-state index contributed by atoms with van der Waals surface area (Å²) < 4.78 is 23.9. The fraction of sp³-hybridized carbons (Fsp3) is 0.200. The smallest absolute Gasteiger partial charge is 0.283 e. The molecular formula is C10H8Cl2NO6P. The van der Waals surface area contributed by atoms with Gasteiger partial charge >= 0.3 is 7.82 Å². The number of phosphoric acid groups is 1. The summed E-state index contributed by atoms with van der Waals surface area (Å²) in [6.45, 7) is -0.445. The largest absolute Gasteiger partial charge is 0.507 e. The first-order valence-corrected chi connectivity index (χ1v) is 7.40. The molecule has 0 radical (unpaired) electrons. The summed E-state index contributed by atoms with van der Waals surface area (Å²) in [5.74, 6) is -0.912. The second-order valence-electron chi connectivity index (χ2n) is 3.73.